The Morgan fingerprint density at radius 1 is 1.50 bits per heavy atom. The number of carbonyl (C=O) groups excluding carboxylic acids is 1. The van der Waals surface area contributed by atoms with Crippen molar-refractivity contribution in [1.82, 2.24) is 4.90 Å². The molecule has 0 atom stereocenters. The smallest absolute Gasteiger partial charge is 0.223 e. The number of nitriles is 1. The first-order valence-electron chi connectivity index (χ1n) is 5.83. The number of carbonyl (C=O) groups is 1. The van der Waals surface area contributed by atoms with E-state index in [0.29, 0.717) is 6.54 Å². The molecule has 4 nitrogen and oxygen atoms in total. The van der Waals surface area contributed by atoms with Crippen LogP contribution >= 0.6 is 0 Å². The van der Waals surface area contributed by atoms with Gasteiger partial charge in [-0.2, -0.15) is 5.26 Å². The fourth-order valence-electron chi connectivity index (χ4n) is 1.75. The van der Waals surface area contributed by atoms with Gasteiger partial charge in [-0.05, 0) is 24.1 Å². The Hall–Kier alpha value is -2.02. The predicted molar refractivity (Wildman–Crippen MR) is 69.1 cm³/mol. The van der Waals surface area contributed by atoms with Gasteiger partial charge in [0, 0.05) is 26.4 Å². The molecule has 4 heteroatoms. The largest absolute Gasteiger partial charge is 0.496 e. The fourth-order valence-corrected chi connectivity index (χ4v) is 1.75. The molecule has 0 saturated heterocycles. The van der Waals surface area contributed by atoms with E-state index >= 15 is 0 Å². The van der Waals surface area contributed by atoms with Crippen molar-refractivity contribution in [1.29, 1.82) is 5.26 Å². The lowest BCUT2D eigenvalue weighted by Crippen LogP contribution is -2.25. The van der Waals surface area contributed by atoms with Crippen LogP contribution in [0.4, 0.5) is 0 Å². The third-order valence-corrected chi connectivity index (χ3v) is 2.76. The van der Waals surface area contributed by atoms with E-state index in [4.69, 9.17) is 10.00 Å². The van der Waals surface area contributed by atoms with Gasteiger partial charge in [0.25, 0.3) is 0 Å². The van der Waals surface area contributed by atoms with Crippen LogP contribution in [-0.4, -0.2) is 25.0 Å². The first-order chi connectivity index (χ1) is 8.58. The molecule has 0 bridgehead atoms. The zero-order valence-corrected chi connectivity index (χ0v) is 11.1. The predicted octanol–water partition coefficient (Wildman–Crippen LogP) is 2.27. The van der Waals surface area contributed by atoms with Gasteiger partial charge in [-0.1, -0.05) is 12.1 Å². The topological polar surface area (TPSA) is 53.3 Å². The second-order valence-electron chi connectivity index (χ2n) is 4.21. The van der Waals surface area contributed by atoms with Gasteiger partial charge in [0.05, 0.1) is 13.2 Å². The molecule has 0 N–H and O–H groups in total. The minimum Gasteiger partial charge on any atom is -0.496 e. The summed E-state index contributed by atoms with van der Waals surface area (Å²) < 4.78 is 5.19. The molecule has 0 radical (unpaired) electrons. The summed E-state index contributed by atoms with van der Waals surface area (Å²) >= 11 is 0. The van der Waals surface area contributed by atoms with Gasteiger partial charge in [-0.3, -0.25) is 4.79 Å². The summed E-state index contributed by atoms with van der Waals surface area (Å²) in [6.45, 7) is 2.52. The number of aryl methyl sites for hydroxylation is 1. The van der Waals surface area contributed by atoms with Crippen molar-refractivity contribution in [3.63, 3.8) is 0 Å². The van der Waals surface area contributed by atoms with E-state index in [-0.39, 0.29) is 18.7 Å². The Morgan fingerprint density at radius 3 is 2.78 bits per heavy atom. The monoisotopic (exact) mass is 246 g/mol. The molecule has 0 aliphatic rings. The molecule has 0 unspecified atom stereocenters. The van der Waals surface area contributed by atoms with Crippen LogP contribution in [0.25, 0.3) is 0 Å². The third kappa shape index (κ3) is 3.77. The number of benzene rings is 1. The number of methoxy groups -OCH3 is 1. The van der Waals surface area contributed by atoms with E-state index in [1.54, 1.807) is 19.1 Å². The van der Waals surface area contributed by atoms with Crippen molar-refractivity contribution >= 4 is 5.91 Å². The molecule has 1 amide bonds. The lowest BCUT2D eigenvalue weighted by atomic mass is 10.1. The Balaban J connectivity index is 2.65. The van der Waals surface area contributed by atoms with Gasteiger partial charge < -0.3 is 9.64 Å². The Morgan fingerprint density at radius 2 is 2.22 bits per heavy atom. The standard InChI is InChI=1S/C14H18N2O2/c1-11-9-12(6-7-13(11)18-3)10-16(2)14(17)5-4-8-15/h6-7,9H,4-5,10H2,1-3H3. The maximum Gasteiger partial charge on any atom is 0.223 e. The number of ether oxygens (including phenoxy) is 1. The molecule has 0 aliphatic heterocycles. The van der Waals surface area contributed by atoms with Crippen LogP contribution in [0.2, 0.25) is 0 Å². The normalized spacial score (nSPS) is 9.67. The molecule has 0 saturated carbocycles. The fraction of sp³-hybridized carbons (Fsp3) is 0.429. The van der Waals surface area contributed by atoms with Crippen molar-refractivity contribution in [3.05, 3.63) is 29.3 Å². The summed E-state index contributed by atoms with van der Waals surface area (Å²) in [6, 6.07) is 7.83. The average Bonchev–Trinajstić information content (AvgIpc) is 2.36. The van der Waals surface area contributed by atoms with Crippen LogP contribution in [0, 0.1) is 18.3 Å². The number of nitrogens with zero attached hydrogens (tertiary/aromatic N) is 2. The molecule has 1 aromatic carbocycles. The number of hydrogen-bond acceptors (Lipinski definition) is 3. The number of amides is 1. The van der Waals surface area contributed by atoms with Gasteiger partial charge in [0.2, 0.25) is 5.91 Å². The first-order valence-corrected chi connectivity index (χ1v) is 5.83. The molecule has 0 aliphatic carbocycles. The second kappa shape index (κ2) is 6.65. The van der Waals surface area contributed by atoms with Gasteiger partial charge in [-0.15, -0.1) is 0 Å². The van der Waals surface area contributed by atoms with Crippen LogP contribution in [0.1, 0.15) is 24.0 Å². The van der Waals surface area contributed by atoms with Crippen LogP contribution < -0.4 is 4.74 Å². The minimum atomic E-state index is -0.00924. The Bertz CT molecular complexity index is 463. The third-order valence-electron chi connectivity index (χ3n) is 2.76. The maximum absolute atomic E-state index is 11.7. The minimum absolute atomic E-state index is 0.00924. The lowest BCUT2D eigenvalue weighted by molar-refractivity contribution is -0.130. The molecular formula is C14H18N2O2. The molecule has 96 valence electrons. The average molecular weight is 246 g/mol. The zero-order chi connectivity index (χ0) is 13.5. The SMILES string of the molecule is COc1ccc(CN(C)C(=O)CCC#N)cc1C. The lowest BCUT2D eigenvalue weighted by Gasteiger charge is -2.17. The number of hydrogen-bond donors (Lipinski definition) is 0. The molecule has 18 heavy (non-hydrogen) atoms. The second-order valence-corrected chi connectivity index (χ2v) is 4.21. The van der Waals surface area contributed by atoms with Crippen molar-refractivity contribution < 1.29 is 9.53 Å². The highest BCUT2D eigenvalue weighted by Gasteiger charge is 2.09. The Kier molecular flexibility index (Phi) is 5.19. The highest BCUT2D eigenvalue weighted by atomic mass is 16.5. The van der Waals surface area contributed by atoms with E-state index in [2.05, 4.69) is 0 Å². The van der Waals surface area contributed by atoms with Gasteiger partial charge in [-0.25, -0.2) is 0 Å². The van der Waals surface area contributed by atoms with Crippen LogP contribution in [-0.2, 0) is 11.3 Å². The van der Waals surface area contributed by atoms with Gasteiger partial charge in [0.15, 0.2) is 0 Å². The molecule has 1 rings (SSSR count). The van der Waals surface area contributed by atoms with Crippen molar-refractivity contribution in [2.24, 2.45) is 0 Å². The van der Waals surface area contributed by atoms with Gasteiger partial charge >= 0.3 is 0 Å². The summed E-state index contributed by atoms with van der Waals surface area (Å²) in [6.07, 6.45) is 0.549. The molecule has 0 spiro atoms. The maximum atomic E-state index is 11.7. The van der Waals surface area contributed by atoms with Crippen molar-refractivity contribution in [2.75, 3.05) is 14.2 Å². The Labute approximate surface area is 108 Å². The summed E-state index contributed by atoms with van der Waals surface area (Å²) in [5.41, 5.74) is 2.11. The van der Waals surface area contributed by atoms with Crippen molar-refractivity contribution in [3.8, 4) is 11.8 Å². The summed E-state index contributed by atoms with van der Waals surface area (Å²) in [4.78, 5) is 13.3. The van der Waals surface area contributed by atoms with Crippen molar-refractivity contribution in [2.45, 2.75) is 26.3 Å². The molecule has 0 heterocycles. The van der Waals surface area contributed by atoms with Crippen LogP contribution in [0.15, 0.2) is 18.2 Å². The molecule has 1 aromatic rings. The molecule has 0 fully saturated rings. The first kappa shape index (κ1) is 14.0. The van der Waals surface area contributed by atoms with Crippen LogP contribution in [0.3, 0.4) is 0 Å². The summed E-state index contributed by atoms with van der Waals surface area (Å²) in [7, 11) is 3.39. The van der Waals surface area contributed by atoms with E-state index in [9.17, 15) is 4.79 Å². The zero-order valence-electron chi connectivity index (χ0n) is 11.1. The highest BCUT2D eigenvalue weighted by Crippen LogP contribution is 2.19. The van der Waals surface area contributed by atoms with Crippen LogP contribution in [0.5, 0.6) is 5.75 Å². The molecular weight excluding hydrogens is 228 g/mol. The van der Waals surface area contributed by atoms with E-state index in [0.717, 1.165) is 16.9 Å². The molecule has 0 aromatic heterocycles. The van der Waals surface area contributed by atoms with Gasteiger partial charge in [0.1, 0.15) is 5.75 Å². The van der Waals surface area contributed by atoms with E-state index in [1.165, 1.54) is 0 Å². The quantitative estimate of drug-likeness (QED) is 0.800. The highest BCUT2D eigenvalue weighted by molar-refractivity contribution is 5.76. The number of rotatable bonds is 5. The van der Waals surface area contributed by atoms with E-state index in [1.807, 2.05) is 31.2 Å². The summed E-state index contributed by atoms with van der Waals surface area (Å²) in [5.74, 6) is 0.835. The summed E-state index contributed by atoms with van der Waals surface area (Å²) in [5, 5.41) is 8.45. The van der Waals surface area contributed by atoms with E-state index < -0.39 is 0 Å².